The van der Waals surface area contributed by atoms with E-state index in [2.05, 4.69) is 0 Å². The van der Waals surface area contributed by atoms with Gasteiger partial charge in [0.25, 0.3) is 0 Å². The summed E-state index contributed by atoms with van der Waals surface area (Å²) in [6.07, 6.45) is 8.64. The summed E-state index contributed by atoms with van der Waals surface area (Å²) in [7, 11) is 0. The fraction of sp³-hybridized carbons (Fsp3) is 0.240. The number of benzene rings is 2. The smallest absolute Gasteiger partial charge is 0.281 e. The molecule has 1 atom stereocenters. The van der Waals surface area contributed by atoms with Crippen LogP contribution in [0.15, 0.2) is 76.7 Å². The number of rotatable bonds is 4. The van der Waals surface area contributed by atoms with Gasteiger partial charge < -0.3 is 0 Å². The molecule has 1 unspecified atom stereocenters. The highest BCUT2D eigenvalue weighted by Gasteiger charge is 2.29. The molecular weight excluding hydrogens is 422 g/mol. The molecule has 2 aliphatic rings. The second-order valence-corrected chi connectivity index (χ2v) is 8.74. The molecule has 1 aliphatic heterocycles. The van der Waals surface area contributed by atoms with Crippen molar-refractivity contribution in [1.29, 1.82) is 0 Å². The highest BCUT2D eigenvalue weighted by atomic mass is 32.2. The van der Waals surface area contributed by atoms with Gasteiger partial charge in [0.1, 0.15) is 5.82 Å². The Morgan fingerprint density at radius 2 is 1.81 bits per heavy atom. The summed E-state index contributed by atoms with van der Waals surface area (Å²) in [5.41, 5.74) is 0.990. The van der Waals surface area contributed by atoms with E-state index in [0.717, 1.165) is 40.8 Å². The number of hydrogen-bond donors (Lipinski definition) is 0. The van der Waals surface area contributed by atoms with Gasteiger partial charge in [0, 0.05) is 16.2 Å². The predicted octanol–water partition coefficient (Wildman–Crippen LogP) is 7.94. The lowest BCUT2D eigenvalue weighted by molar-refractivity contribution is -0.0321. The second-order valence-electron chi connectivity index (χ2n) is 7.60. The average molecular weight is 444 g/mol. The third-order valence-electron chi connectivity index (χ3n) is 5.45. The first-order valence-corrected chi connectivity index (χ1v) is 10.9. The molecule has 2 aromatic carbocycles. The Balaban J connectivity index is 1.52. The Kier molecular flexibility index (Phi) is 6.19. The fourth-order valence-corrected chi connectivity index (χ4v) is 4.53. The Labute approximate surface area is 183 Å². The van der Waals surface area contributed by atoms with E-state index in [1.165, 1.54) is 18.2 Å². The lowest BCUT2D eigenvalue weighted by Gasteiger charge is -2.10. The zero-order valence-corrected chi connectivity index (χ0v) is 17.7. The van der Waals surface area contributed by atoms with E-state index in [4.69, 9.17) is 4.99 Å². The molecule has 160 valence electrons. The normalized spacial score (nSPS) is 19.0. The van der Waals surface area contributed by atoms with Gasteiger partial charge in [-0.3, -0.25) is 4.99 Å². The molecule has 0 spiro atoms. The molecule has 1 nitrogen and oxygen atoms in total. The van der Waals surface area contributed by atoms with Gasteiger partial charge in [0.15, 0.2) is 0 Å². The minimum absolute atomic E-state index is 0.0132. The number of nitrogens with zero attached hydrogens (tertiary/aromatic N) is 1. The minimum Gasteiger partial charge on any atom is -0.281 e. The summed E-state index contributed by atoms with van der Waals surface area (Å²) in [5.74, 6) is -0.237. The molecule has 4 rings (SSSR count). The summed E-state index contributed by atoms with van der Waals surface area (Å²) >= 11 is -0.104. The van der Waals surface area contributed by atoms with Crippen LogP contribution in [0.1, 0.15) is 47.6 Å². The zero-order valence-electron chi connectivity index (χ0n) is 16.9. The number of alkyl halides is 3. The van der Waals surface area contributed by atoms with Gasteiger partial charge in [-0.2, -0.15) is 13.2 Å². The Morgan fingerprint density at radius 3 is 2.52 bits per heavy atom. The molecule has 0 radical (unpaired) electrons. The fourth-order valence-electron chi connectivity index (χ4n) is 3.96. The zero-order chi connectivity index (χ0) is 22.0. The molecule has 31 heavy (non-hydrogen) atoms. The van der Waals surface area contributed by atoms with Gasteiger partial charge in [-0.25, -0.2) is 4.39 Å². The molecular formula is C25H21F4NS. The summed E-state index contributed by atoms with van der Waals surface area (Å²) in [5, 5.41) is 0. The number of aryl methyl sites for hydroxylation is 1. The highest BCUT2D eigenvalue weighted by molar-refractivity contribution is 8.04. The number of thioether (sulfide) groups is 1. The van der Waals surface area contributed by atoms with Crippen LogP contribution in [0.2, 0.25) is 0 Å². The molecule has 6 heteroatoms. The van der Waals surface area contributed by atoms with Crippen molar-refractivity contribution in [3.05, 3.63) is 99.7 Å². The van der Waals surface area contributed by atoms with Crippen molar-refractivity contribution >= 4 is 23.0 Å². The van der Waals surface area contributed by atoms with Crippen LogP contribution >= 0.6 is 11.8 Å². The molecule has 1 heterocycles. The number of allylic oxidation sites excluding steroid dienone is 5. The Hall–Kier alpha value is -2.60. The van der Waals surface area contributed by atoms with Crippen molar-refractivity contribution in [1.82, 2.24) is 0 Å². The molecule has 0 saturated carbocycles. The molecule has 0 amide bonds. The summed E-state index contributed by atoms with van der Waals surface area (Å²) < 4.78 is 52.1. The minimum atomic E-state index is -4.29. The van der Waals surface area contributed by atoms with Crippen molar-refractivity contribution in [2.45, 2.75) is 37.7 Å². The van der Waals surface area contributed by atoms with Crippen molar-refractivity contribution in [3.8, 4) is 0 Å². The van der Waals surface area contributed by atoms with Crippen molar-refractivity contribution in [3.63, 3.8) is 0 Å². The topological polar surface area (TPSA) is 12.4 Å². The van der Waals surface area contributed by atoms with Gasteiger partial charge in [0.05, 0.1) is 6.04 Å². The van der Waals surface area contributed by atoms with Crippen LogP contribution in [-0.2, 0) is 0 Å². The predicted molar refractivity (Wildman–Crippen MR) is 120 cm³/mol. The summed E-state index contributed by atoms with van der Waals surface area (Å²) in [6.45, 7) is 1.89. The SMILES string of the molecule is Cc1cccc(F)c1C1=NC(c2ccc(C3=CC=C(SC(F)(F)F)C=CC3)cc2)CC1. The van der Waals surface area contributed by atoms with Crippen LogP contribution < -0.4 is 0 Å². The van der Waals surface area contributed by atoms with E-state index in [-0.39, 0.29) is 28.5 Å². The maximum Gasteiger partial charge on any atom is 0.446 e. The maximum atomic E-state index is 14.3. The lowest BCUT2D eigenvalue weighted by Crippen LogP contribution is -2.02. The van der Waals surface area contributed by atoms with Crippen molar-refractivity contribution < 1.29 is 17.6 Å². The summed E-state index contributed by atoms with van der Waals surface area (Å²) in [4.78, 5) is 4.96. The van der Waals surface area contributed by atoms with Gasteiger partial charge in [-0.1, -0.05) is 54.6 Å². The molecule has 0 fully saturated rings. The highest BCUT2D eigenvalue weighted by Crippen LogP contribution is 2.38. The van der Waals surface area contributed by atoms with E-state index in [0.29, 0.717) is 12.0 Å². The van der Waals surface area contributed by atoms with Crippen LogP contribution in [0.25, 0.3) is 5.57 Å². The third-order valence-corrected chi connectivity index (χ3v) is 6.18. The quantitative estimate of drug-likeness (QED) is 0.437. The van der Waals surface area contributed by atoms with E-state index in [1.54, 1.807) is 18.2 Å². The molecule has 2 aromatic rings. The van der Waals surface area contributed by atoms with Gasteiger partial charge in [0.2, 0.25) is 0 Å². The van der Waals surface area contributed by atoms with Crippen LogP contribution in [0.5, 0.6) is 0 Å². The number of hydrogen-bond acceptors (Lipinski definition) is 2. The summed E-state index contributed by atoms with van der Waals surface area (Å²) in [6, 6.07) is 13.0. The monoisotopic (exact) mass is 443 g/mol. The average Bonchev–Trinajstić information content (AvgIpc) is 3.07. The molecule has 1 aliphatic carbocycles. The van der Waals surface area contributed by atoms with E-state index in [1.807, 2.05) is 37.3 Å². The van der Waals surface area contributed by atoms with Crippen molar-refractivity contribution in [2.75, 3.05) is 0 Å². The van der Waals surface area contributed by atoms with E-state index < -0.39 is 5.51 Å². The Bertz CT molecular complexity index is 1070. The Morgan fingerprint density at radius 1 is 1.03 bits per heavy atom. The lowest BCUT2D eigenvalue weighted by atomic mass is 9.97. The number of halogens is 4. The first-order chi connectivity index (χ1) is 14.8. The van der Waals surface area contributed by atoms with Crippen molar-refractivity contribution in [2.24, 2.45) is 4.99 Å². The van der Waals surface area contributed by atoms with E-state index in [9.17, 15) is 17.6 Å². The standard InChI is InChI=1S/C25H21F4NS/c1-16-4-2-7-21(26)24(16)23-15-14-22(30-23)19-10-8-18(9-11-19)17-5-3-6-20(13-12-17)31-25(27,28)29/h2-4,6-13,22H,5,14-15H2,1H3. The number of aliphatic imine (C=N–C) groups is 1. The van der Waals surface area contributed by atoms with Crippen LogP contribution in [0.4, 0.5) is 17.6 Å². The molecule has 0 N–H and O–H groups in total. The molecule has 0 aromatic heterocycles. The molecule has 0 saturated heterocycles. The second kappa shape index (κ2) is 8.87. The third kappa shape index (κ3) is 5.18. The van der Waals surface area contributed by atoms with Crippen LogP contribution in [-0.4, -0.2) is 11.2 Å². The van der Waals surface area contributed by atoms with Crippen LogP contribution in [0.3, 0.4) is 0 Å². The first-order valence-electron chi connectivity index (χ1n) is 10.1. The van der Waals surface area contributed by atoms with E-state index >= 15 is 0 Å². The van der Waals surface area contributed by atoms with Gasteiger partial charge >= 0.3 is 5.51 Å². The maximum absolute atomic E-state index is 14.3. The largest absolute Gasteiger partial charge is 0.446 e. The van der Waals surface area contributed by atoms with Gasteiger partial charge in [-0.05, 0) is 72.4 Å². The first kappa shape index (κ1) is 21.6. The molecule has 0 bridgehead atoms. The van der Waals surface area contributed by atoms with Gasteiger partial charge in [-0.15, -0.1) is 0 Å². The van der Waals surface area contributed by atoms with Crippen LogP contribution in [0, 0.1) is 12.7 Å².